The maximum Gasteiger partial charge on any atom is 0.252 e. The molecule has 0 fully saturated rings. The van der Waals surface area contributed by atoms with Crippen molar-refractivity contribution >= 4 is 32.2 Å². The molecule has 0 unspecified atom stereocenters. The van der Waals surface area contributed by atoms with Crippen LogP contribution in [0.4, 0.5) is 0 Å². The van der Waals surface area contributed by atoms with Gasteiger partial charge in [0.05, 0.1) is 17.0 Å². The number of hydrogen-bond acceptors (Lipinski definition) is 10. The molecular weight excluding hydrogens is 486 g/mol. The number of nitrogens with one attached hydrogen (secondary N) is 2. The average Bonchev–Trinajstić information content (AvgIpc) is 3.48. The molecule has 0 spiro atoms. The van der Waals surface area contributed by atoms with Crippen molar-refractivity contribution in [2.75, 3.05) is 18.6 Å². The summed E-state index contributed by atoms with van der Waals surface area (Å²) >= 11 is 0. The van der Waals surface area contributed by atoms with Gasteiger partial charge in [0.15, 0.2) is 11.3 Å². The molecule has 1 aromatic carbocycles. The van der Waals surface area contributed by atoms with Crippen LogP contribution in [-0.4, -0.2) is 57.8 Å². The smallest absolute Gasteiger partial charge is 0.252 e. The lowest BCUT2D eigenvalue weighted by Gasteiger charge is -2.12. The van der Waals surface area contributed by atoms with Crippen molar-refractivity contribution in [3.8, 4) is 17.4 Å². The van der Waals surface area contributed by atoms with Gasteiger partial charge in [-0.15, -0.1) is 15.3 Å². The molecule has 0 bridgehead atoms. The highest BCUT2D eigenvalue weighted by molar-refractivity contribution is 7.90. The summed E-state index contributed by atoms with van der Waals surface area (Å²) in [4.78, 5) is 12.2. The standard InChI is InChI=1S/C23H21N7O5S/c1-14-11-19(29-35-14)21-27-26-20-17-5-3-4-6-18(17)23(28-30(20)21)34-13-16-8-7-15(12-25-16)22(31)24-9-10-36(2,32)33/h3-8,11-13,25H,9-10H2,1-2H3,(H,24,31). The predicted molar refractivity (Wildman–Crippen MR) is 130 cm³/mol. The Hall–Kier alpha value is -4.52. The zero-order valence-corrected chi connectivity index (χ0v) is 20.1. The Bertz CT molecular complexity index is 1680. The van der Waals surface area contributed by atoms with Crippen molar-refractivity contribution in [3.63, 3.8) is 0 Å². The van der Waals surface area contributed by atoms with Gasteiger partial charge in [0, 0.05) is 35.8 Å². The van der Waals surface area contributed by atoms with Gasteiger partial charge in [0.2, 0.25) is 11.7 Å². The van der Waals surface area contributed by atoms with Gasteiger partial charge in [-0.1, -0.05) is 23.4 Å². The molecule has 36 heavy (non-hydrogen) atoms. The summed E-state index contributed by atoms with van der Waals surface area (Å²) in [5.74, 6) is 0.849. The molecule has 2 N–H and O–H groups in total. The number of benzene rings is 1. The molecule has 1 amide bonds. The summed E-state index contributed by atoms with van der Waals surface area (Å²) in [6, 6.07) is 9.27. The Morgan fingerprint density at radius 2 is 2.03 bits per heavy atom. The number of aryl methyl sites for hydroxylation is 1. The van der Waals surface area contributed by atoms with E-state index in [1.807, 2.05) is 24.3 Å². The van der Waals surface area contributed by atoms with Crippen molar-refractivity contribution < 1.29 is 22.5 Å². The molecule has 0 aliphatic carbocycles. The average molecular weight is 508 g/mol. The fourth-order valence-corrected chi connectivity index (χ4v) is 3.97. The number of dihydropyridines is 1. The van der Waals surface area contributed by atoms with Gasteiger partial charge in [-0.2, -0.15) is 4.52 Å². The highest BCUT2D eigenvalue weighted by Gasteiger charge is 2.18. The fourth-order valence-electron chi connectivity index (χ4n) is 3.49. The molecule has 0 atom stereocenters. The number of allylic oxidation sites excluding steroid dienone is 1. The van der Waals surface area contributed by atoms with Crippen LogP contribution >= 0.6 is 0 Å². The third-order valence-electron chi connectivity index (χ3n) is 5.24. The van der Waals surface area contributed by atoms with E-state index < -0.39 is 9.84 Å². The molecule has 4 aromatic rings. The van der Waals surface area contributed by atoms with Gasteiger partial charge < -0.3 is 19.9 Å². The summed E-state index contributed by atoms with van der Waals surface area (Å²) in [5, 5.41) is 24.2. The molecule has 13 heteroatoms. The minimum Gasteiger partial charge on any atom is -0.443 e. The lowest BCUT2D eigenvalue weighted by Crippen LogP contribution is -2.30. The highest BCUT2D eigenvalue weighted by Crippen LogP contribution is 2.29. The number of carbonyl (C=O) groups excluding carboxylic acids is 1. The van der Waals surface area contributed by atoms with Gasteiger partial charge in [-0.25, -0.2) is 8.42 Å². The monoisotopic (exact) mass is 507 g/mol. The van der Waals surface area contributed by atoms with Gasteiger partial charge in [-0.3, -0.25) is 4.79 Å². The predicted octanol–water partition coefficient (Wildman–Crippen LogP) is 1.67. The van der Waals surface area contributed by atoms with Crippen LogP contribution in [0.15, 0.2) is 70.7 Å². The molecule has 4 heterocycles. The third kappa shape index (κ3) is 4.81. The summed E-state index contributed by atoms with van der Waals surface area (Å²) in [6.07, 6.45) is 7.35. The van der Waals surface area contributed by atoms with Crippen LogP contribution in [0.25, 0.3) is 27.9 Å². The highest BCUT2D eigenvalue weighted by atomic mass is 32.2. The van der Waals surface area contributed by atoms with E-state index in [1.165, 1.54) is 12.5 Å². The summed E-state index contributed by atoms with van der Waals surface area (Å²) < 4.78 is 35.1. The van der Waals surface area contributed by atoms with Crippen molar-refractivity contribution in [2.24, 2.45) is 0 Å². The molecule has 0 saturated carbocycles. The Morgan fingerprint density at radius 1 is 1.22 bits per heavy atom. The van der Waals surface area contributed by atoms with Crippen molar-refractivity contribution in [1.29, 1.82) is 0 Å². The first-order valence-corrected chi connectivity index (χ1v) is 12.9. The second-order valence-electron chi connectivity index (χ2n) is 8.09. The van der Waals surface area contributed by atoms with E-state index in [0.717, 1.165) is 17.0 Å². The first-order valence-electron chi connectivity index (χ1n) is 10.8. The maximum atomic E-state index is 12.2. The molecule has 5 rings (SSSR count). The van der Waals surface area contributed by atoms with E-state index >= 15 is 0 Å². The van der Waals surface area contributed by atoms with Crippen molar-refractivity contribution in [3.05, 3.63) is 72.0 Å². The number of aromatic nitrogens is 5. The van der Waals surface area contributed by atoms with E-state index in [4.69, 9.17) is 9.26 Å². The maximum absolute atomic E-state index is 12.2. The van der Waals surface area contributed by atoms with Crippen molar-refractivity contribution in [2.45, 2.75) is 6.92 Å². The first-order chi connectivity index (χ1) is 17.3. The van der Waals surface area contributed by atoms with Crippen LogP contribution in [0.5, 0.6) is 5.88 Å². The zero-order chi connectivity index (χ0) is 25.3. The molecular formula is C23H21N7O5S. The van der Waals surface area contributed by atoms with Crippen LogP contribution in [0, 0.1) is 6.92 Å². The summed E-state index contributed by atoms with van der Waals surface area (Å²) in [7, 11) is -3.15. The Morgan fingerprint density at radius 3 is 2.72 bits per heavy atom. The number of fused-ring (bicyclic) bond motifs is 3. The summed E-state index contributed by atoms with van der Waals surface area (Å²) in [5.41, 5.74) is 1.97. The number of hydrogen-bond donors (Lipinski definition) is 2. The second-order valence-corrected chi connectivity index (χ2v) is 10.3. The number of ether oxygens (including phenoxy) is 1. The Balaban J connectivity index is 1.37. The fraction of sp³-hybridized carbons (Fsp3) is 0.174. The van der Waals surface area contributed by atoms with Crippen LogP contribution in [-0.2, 0) is 14.6 Å². The molecule has 12 nitrogen and oxygen atoms in total. The van der Waals surface area contributed by atoms with Crippen LogP contribution in [0.3, 0.4) is 0 Å². The lowest BCUT2D eigenvalue weighted by atomic mass is 10.2. The lowest BCUT2D eigenvalue weighted by molar-refractivity contribution is -0.117. The molecule has 0 radical (unpaired) electrons. The Labute approximate surface area is 205 Å². The van der Waals surface area contributed by atoms with Gasteiger partial charge >= 0.3 is 0 Å². The van der Waals surface area contributed by atoms with Crippen LogP contribution in [0.2, 0.25) is 0 Å². The number of rotatable bonds is 7. The second kappa shape index (κ2) is 9.26. The SMILES string of the molecule is Cc1cc(-c2nnc3c4ccccc4c(OC=C4C=CC(C(=O)NCCS(C)(=O)=O)=CN4)nn23)no1. The number of nitrogens with zero attached hydrogens (tertiary/aromatic N) is 5. The van der Waals surface area contributed by atoms with E-state index in [0.29, 0.717) is 40.1 Å². The minimum atomic E-state index is -3.15. The molecule has 3 aromatic heterocycles. The Kier molecular flexibility index (Phi) is 5.98. The molecule has 184 valence electrons. The molecule has 1 aliphatic rings. The van der Waals surface area contributed by atoms with Gasteiger partial charge in [0.25, 0.3) is 5.91 Å². The van der Waals surface area contributed by atoms with Gasteiger partial charge in [-0.05, 0) is 25.1 Å². The zero-order valence-electron chi connectivity index (χ0n) is 19.3. The quantitative estimate of drug-likeness (QED) is 0.353. The number of sulfone groups is 1. The number of amides is 1. The molecule has 0 saturated heterocycles. The van der Waals surface area contributed by atoms with E-state index in [1.54, 1.807) is 29.7 Å². The van der Waals surface area contributed by atoms with Gasteiger partial charge in [0.1, 0.15) is 21.9 Å². The van der Waals surface area contributed by atoms with E-state index in [9.17, 15) is 13.2 Å². The first kappa shape index (κ1) is 23.2. The van der Waals surface area contributed by atoms with Crippen LogP contribution in [0.1, 0.15) is 5.76 Å². The van der Waals surface area contributed by atoms with Crippen molar-refractivity contribution in [1.82, 2.24) is 35.6 Å². The largest absolute Gasteiger partial charge is 0.443 e. The number of carbonyl (C=O) groups is 1. The summed E-state index contributed by atoms with van der Waals surface area (Å²) in [6.45, 7) is 1.82. The van der Waals surface area contributed by atoms with Crippen LogP contribution < -0.4 is 15.4 Å². The van der Waals surface area contributed by atoms with E-state index in [-0.39, 0.29) is 18.2 Å². The van der Waals surface area contributed by atoms with E-state index in [2.05, 4.69) is 31.1 Å². The minimum absolute atomic E-state index is 0.0366. The molecule has 1 aliphatic heterocycles. The normalized spacial score (nSPS) is 14.7. The topological polar surface area (TPSA) is 154 Å². The third-order valence-corrected chi connectivity index (χ3v) is 6.19.